The lowest BCUT2D eigenvalue weighted by Gasteiger charge is -2.45. The van der Waals surface area contributed by atoms with Gasteiger partial charge in [0, 0.05) is 18.5 Å². The van der Waals surface area contributed by atoms with E-state index in [1.165, 1.54) is 12.8 Å². The molecule has 2 rings (SSSR count). The molecule has 0 spiro atoms. The number of carbonyl (C=O) groups excluding carboxylic acids is 1. The van der Waals surface area contributed by atoms with Crippen LogP contribution < -0.4 is 5.32 Å². The summed E-state index contributed by atoms with van der Waals surface area (Å²) in [4.78, 5) is 12.3. The van der Waals surface area contributed by atoms with E-state index in [1.54, 1.807) is 0 Å². The van der Waals surface area contributed by atoms with Crippen LogP contribution in [-0.4, -0.2) is 12.5 Å². The molecule has 3 heteroatoms. The van der Waals surface area contributed by atoms with E-state index < -0.39 is 0 Å². The first-order valence-electron chi connectivity index (χ1n) is 8.27. The van der Waals surface area contributed by atoms with E-state index in [1.807, 2.05) is 30.3 Å². The van der Waals surface area contributed by atoms with E-state index in [9.17, 15) is 10.1 Å². The third-order valence-corrected chi connectivity index (χ3v) is 5.71. The standard InChI is InChI=1S/C19H26N2O/c1-3-18(2,13-14-20)19(11-7-8-12-19)15-21-17(22)16-9-5-4-6-10-16/h4-6,9-10H,3,7-8,11-13,15H2,1-2H3,(H,21,22). The van der Waals surface area contributed by atoms with Crippen LogP contribution in [0.2, 0.25) is 0 Å². The molecule has 1 aromatic rings. The van der Waals surface area contributed by atoms with Crippen molar-refractivity contribution >= 4 is 5.91 Å². The Morgan fingerprint density at radius 2 is 1.95 bits per heavy atom. The number of nitrogens with one attached hydrogen (secondary N) is 1. The molecule has 0 bridgehead atoms. The molecule has 1 aliphatic carbocycles. The lowest BCUT2D eigenvalue weighted by Crippen LogP contribution is -2.46. The first-order chi connectivity index (χ1) is 10.6. The smallest absolute Gasteiger partial charge is 0.251 e. The lowest BCUT2D eigenvalue weighted by molar-refractivity contribution is 0.0508. The van der Waals surface area contributed by atoms with Gasteiger partial charge in [-0.2, -0.15) is 5.26 Å². The Morgan fingerprint density at radius 1 is 1.32 bits per heavy atom. The summed E-state index contributed by atoms with van der Waals surface area (Å²) < 4.78 is 0. The minimum atomic E-state index is -0.0256. The van der Waals surface area contributed by atoms with Gasteiger partial charge in [0.1, 0.15) is 0 Å². The molecule has 1 aliphatic rings. The largest absolute Gasteiger partial charge is 0.351 e. The summed E-state index contributed by atoms with van der Waals surface area (Å²) in [5, 5.41) is 12.4. The Labute approximate surface area is 133 Å². The predicted octanol–water partition coefficient (Wildman–Crippen LogP) is 4.31. The summed E-state index contributed by atoms with van der Waals surface area (Å²) in [6.45, 7) is 5.05. The van der Waals surface area contributed by atoms with Crippen molar-refractivity contribution in [3.63, 3.8) is 0 Å². The molecule has 0 aromatic heterocycles. The topological polar surface area (TPSA) is 52.9 Å². The highest BCUT2D eigenvalue weighted by atomic mass is 16.1. The summed E-state index contributed by atoms with van der Waals surface area (Å²) in [5.74, 6) is -0.0118. The minimum Gasteiger partial charge on any atom is -0.351 e. The molecule has 22 heavy (non-hydrogen) atoms. The number of hydrogen-bond acceptors (Lipinski definition) is 2. The van der Waals surface area contributed by atoms with E-state index in [0.717, 1.165) is 19.3 Å². The second-order valence-electron chi connectivity index (χ2n) is 6.79. The van der Waals surface area contributed by atoms with E-state index in [-0.39, 0.29) is 16.7 Å². The molecule has 118 valence electrons. The van der Waals surface area contributed by atoms with Crippen LogP contribution in [0, 0.1) is 22.2 Å². The Hall–Kier alpha value is -1.82. The zero-order valence-electron chi connectivity index (χ0n) is 13.7. The van der Waals surface area contributed by atoms with Crippen molar-refractivity contribution in [2.75, 3.05) is 6.54 Å². The van der Waals surface area contributed by atoms with Crippen molar-refractivity contribution < 1.29 is 4.79 Å². The monoisotopic (exact) mass is 298 g/mol. The molecule has 0 radical (unpaired) electrons. The molecule has 0 aliphatic heterocycles. The zero-order valence-corrected chi connectivity index (χ0v) is 13.7. The molecule has 1 unspecified atom stereocenters. The molecule has 0 heterocycles. The predicted molar refractivity (Wildman–Crippen MR) is 88.3 cm³/mol. The van der Waals surface area contributed by atoms with Crippen molar-refractivity contribution in [1.29, 1.82) is 5.26 Å². The van der Waals surface area contributed by atoms with Crippen molar-refractivity contribution in [1.82, 2.24) is 5.32 Å². The molecule has 0 saturated heterocycles. The lowest BCUT2D eigenvalue weighted by atomic mass is 9.60. The molecule has 1 amide bonds. The van der Waals surface area contributed by atoms with Crippen molar-refractivity contribution in [2.45, 2.75) is 52.4 Å². The quantitative estimate of drug-likeness (QED) is 0.851. The van der Waals surface area contributed by atoms with Crippen LogP contribution in [0.5, 0.6) is 0 Å². The van der Waals surface area contributed by atoms with Crippen molar-refractivity contribution in [3.8, 4) is 6.07 Å². The van der Waals surface area contributed by atoms with Crippen molar-refractivity contribution in [2.24, 2.45) is 10.8 Å². The van der Waals surface area contributed by atoms with Gasteiger partial charge >= 0.3 is 0 Å². The average molecular weight is 298 g/mol. The van der Waals surface area contributed by atoms with Crippen LogP contribution in [0.4, 0.5) is 0 Å². The number of nitrogens with zero attached hydrogens (tertiary/aromatic N) is 1. The molecule has 3 nitrogen and oxygen atoms in total. The van der Waals surface area contributed by atoms with E-state index in [2.05, 4.69) is 25.2 Å². The number of hydrogen-bond donors (Lipinski definition) is 1. The first kappa shape index (κ1) is 16.5. The Bertz CT molecular complexity index is 540. The highest BCUT2D eigenvalue weighted by Crippen LogP contribution is 2.54. The van der Waals surface area contributed by atoms with Crippen LogP contribution in [0.25, 0.3) is 0 Å². The van der Waals surface area contributed by atoms with Crippen LogP contribution >= 0.6 is 0 Å². The third-order valence-electron chi connectivity index (χ3n) is 5.71. The minimum absolute atomic E-state index is 0.0118. The Morgan fingerprint density at radius 3 is 2.50 bits per heavy atom. The maximum atomic E-state index is 12.3. The van der Waals surface area contributed by atoms with Gasteiger partial charge in [0.25, 0.3) is 5.91 Å². The summed E-state index contributed by atoms with van der Waals surface area (Å²) >= 11 is 0. The van der Waals surface area contributed by atoms with Gasteiger partial charge in [-0.1, -0.05) is 44.9 Å². The molecule has 1 fully saturated rings. The second kappa shape index (κ2) is 6.96. The Balaban J connectivity index is 2.12. The maximum absolute atomic E-state index is 12.3. The summed E-state index contributed by atoms with van der Waals surface area (Å²) in [5.41, 5.74) is 0.735. The molecular weight excluding hydrogens is 272 g/mol. The number of amides is 1. The number of rotatable bonds is 6. The fourth-order valence-electron chi connectivity index (χ4n) is 3.85. The van der Waals surface area contributed by atoms with Gasteiger partial charge in [0.15, 0.2) is 0 Å². The summed E-state index contributed by atoms with van der Waals surface area (Å²) in [6, 6.07) is 11.7. The van der Waals surface area contributed by atoms with Gasteiger partial charge < -0.3 is 5.32 Å². The average Bonchev–Trinajstić information content (AvgIpc) is 3.04. The van der Waals surface area contributed by atoms with E-state index >= 15 is 0 Å². The van der Waals surface area contributed by atoms with Crippen LogP contribution in [-0.2, 0) is 0 Å². The van der Waals surface area contributed by atoms with Gasteiger partial charge in [-0.05, 0) is 42.2 Å². The van der Waals surface area contributed by atoms with Gasteiger partial charge in [-0.15, -0.1) is 0 Å². The fourth-order valence-corrected chi connectivity index (χ4v) is 3.85. The van der Waals surface area contributed by atoms with Gasteiger partial charge in [0.2, 0.25) is 0 Å². The number of carbonyl (C=O) groups is 1. The normalized spacial score (nSPS) is 19.1. The van der Waals surface area contributed by atoms with Gasteiger partial charge in [-0.3, -0.25) is 4.79 Å². The first-order valence-corrected chi connectivity index (χ1v) is 8.27. The number of nitriles is 1. The SMILES string of the molecule is CCC(C)(CC#N)C1(CNC(=O)c2ccccc2)CCCC1. The summed E-state index contributed by atoms with van der Waals surface area (Å²) in [7, 11) is 0. The highest BCUT2D eigenvalue weighted by Gasteiger charge is 2.48. The highest BCUT2D eigenvalue weighted by molar-refractivity contribution is 5.94. The van der Waals surface area contributed by atoms with Crippen LogP contribution in [0.1, 0.15) is 62.7 Å². The Kier molecular flexibility index (Phi) is 5.24. The molecule has 1 N–H and O–H groups in total. The third kappa shape index (κ3) is 3.16. The van der Waals surface area contributed by atoms with Crippen LogP contribution in [0.3, 0.4) is 0 Å². The van der Waals surface area contributed by atoms with E-state index in [4.69, 9.17) is 0 Å². The molecule has 1 aromatic carbocycles. The molecule has 1 atom stereocenters. The van der Waals surface area contributed by atoms with E-state index in [0.29, 0.717) is 18.5 Å². The molecular formula is C19H26N2O. The maximum Gasteiger partial charge on any atom is 0.251 e. The number of benzene rings is 1. The summed E-state index contributed by atoms with van der Waals surface area (Å²) in [6.07, 6.45) is 6.14. The van der Waals surface area contributed by atoms with Crippen LogP contribution in [0.15, 0.2) is 30.3 Å². The zero-order chi connectivity index (χ0) is 16.1. The van der Waals surface area contributed by atoms with Gasteiger partial charge in [0.05, 0.1) is 6.07 Å². The fraction of sp³-hybridized carbons (Fsp3) is 0.579. The second-order valence-corrected chi connectivity index (χ2v) is 6.79. The van der Waals surface area contributed by atoms with Crippen molar-refractivity contribution in [3.05, 3.63) is 35.9 Å². The molecule has 1 saturated carbocycles. The van der Waals surface area contributed by atoms with Gasteiger partial charge in [-0.25, -0.2) is 0 Å².